The summed E-state index contributed by atoms with van der Waals surface area (Å²) in [6.07, 6.45) is 1.21. The summed E-state index contributed by atoms with van der Waals surface area (Å²) in [6, 6.07) is 11.8. The van der Waals surface area contributed by atoms with E-state index in [2.05, 4.69) is 15.3 Å². The molecule has 0 unspecified atom stereocenters. The number of rotatable bonds is 6. The van der Waals surface area contributed by atoms with Gasteiger partial charge in [-0.25, -0.2) is 9.97 Å². The molecule has 19 heavy (non-hydrogen) atoms. The Morgan fingerprint density at radius 1 is 1.11 bits per heavy atom. The maximum Gasteiger partial charge on any atom is 0.223 e. The van der Waals surface area contributed by atoms with Gasteiger partial charge in [0.25, 0.3) is 0 Å². The van der Waals surface area contributed by atoms with Crippen molar-refractivity contribution in [3.63, 3.8) is 0 Å². The summed E-state index contributed by atoms with van der Waals surface area (Å²) >= 11 is 0. The molecule has 0 aliphatic heterocycles. The van der Waals surface area contributed by atoms with Crippen LogP contribution in [0.4, 0.5) is 5.95 Å². The van der Waals surface area contributed by atoms with E-state index in [-0.39, 0.29) is 0 Å². The van der Waals surface area contributed by atoms with Crippen LogP contribution in [0.3, 0.4) is 0 Å². The van der Waals surface area contributed by atoms with Crippen LogP contribution in [0.1, 0.15) is 17.5 Å². The molecule has 1 heterocycles. The zero-order chi connectivity index (χ0) is 13.5. The molecule has 5 nitrogen and oxygen atoms in total. The van der Waals surface area contributed by atoms with Gasteiger partial charge in [0.15, 0.2) is 0 Å². The standard InChI is InChI=1S/C14H17N3O2/c1-18-13(19-2)12-8-9-15-14(17-12)16-10-11-6-4-3-5-7-11/h3-9,13H,10H2,1-2H3,(H,15,16,17). The highest BCUT2D eigenvalue weighted by molar-refractivity contribution is 5.28. The Hall–Kier alpha value is -1.98. The van der Waals surface area contributed by atoms with Gasteiger partial charge >= 0.3 is 0 Å². The van der Waals surface area contributed by atoms with Crippen LogP contribution in [-0.2, 0) is 16.0 Å². The topological polar surface area (TPSA) is 56.3 Å². The van der Waals surface area contributed by atoms with Gasteiger partial charge in [0, 0.05) is 27.0 Å². The van der Waals surface area contributed by atoms with Crippen molar-refractivity contribution in [2.24, 2.45) is 0 Å². The van der Waals surface area contributed by atoms with E-state index in [9.17, 15) is 0 Å². The molecule has 100 valence electrons. The van der Waals surface area contributed by atoms with Crippen molar-refractivity contribution in [1.82, 2.24) is 9.97 Å². The molecule has 1 aromatic carbocycles. The van der Waals surface area contributed by atoms with E-state index < -0.39 is 6.29 Å². The van der Waals surface area contributed by atoms with E-state index in [1.165, 1.54) is 5.56 Å². The first-order valence-electron chi connectivity index (χ1n) is 6.00. The number of methoxy groups -OCH3 is 2. The highest BCUT2D eigenvalue weighted by Crippen LogP contribution is 2.15. The molecule has 2 rings (SSSR count). The first-order valence-corrected chi connectivity index (χ1v) is 6.00. The van der Waals surface area contributed by atoms with Crippen LogP contribution in [-0.4, -0.2) is 24.2 Å². The second kappa shape index (κ2) is 6.82. The minimum absolute atomic E-state index is 0.472. The number of nitrogens with zero attached hydrogens (tertiary/aromatic N) is 2. The number of aromatic nitrogens is 2. The summed E-state index contributed by atoms with van der Waals surface area (Å²) in [5.41, 5.74) is 1.86. The Kier molecular flexibility index (Phi) is 4.83. The lowest BCUT2D eigenvalue weighted by Gasteiger charge is -2.13. The van der Waals surface area contributed by atoms with E-state index in [0.29, 0.717) is 18.2 Å². The highest BCUT2D eigenvalue weighted by atomic mass is 16.7. The predicted octanol–water partition coefficient (Wildman–Crippen LogP) is 2.38. The molecule has 0 atom stereocenters. The van der Waals surface area contributed by atoms with Gasteiger partial charge in [-0.05, 0) is 11.6 Å². The molecule has 0 amide bonds. The number of nitrogens with one attached hydrogen (secondary N) is 1. The van der Waals surface area contributed by atoms with Crippen molar-refractivity contribution in [1.29, 1.82) is 0 Å². The fraction of sp³-hybridized carbons (Fsp3) is 0.286. The molecule has 1 aromatic heterocycles. The van der Waals surface area contributed by atoms with E-state index in [0.717, 1.165) is 0 Å². The second-order valence-corrected chi connectivity index (χ2v) is 3.95. The monoisotopic (exact) mass is 259 g/mol. The predicted molar refractivity (Wildman–Crippen MR) is 72.6 cm³/mol. The van der Waals surface area contributed by atoms with Crippen molar-refractivity contribution >= 4 is 5.95 Å². The Balaban J connectivity index is 2.03. The average Bonchev–Trinajstić information content (AvgIpc) is 2.48. The van der Waals surface area contributed by atoms with Crippen molar-refractivity contribution < 1.29 is 9.47 Å². The van der Waals surface area contributed by atoms with Crippen LogP contribution in [0, 0.1) is 0 Å². The van der Waals surface area contributed by atoms with Crippen LogP contribution >= 0.6 is 0 Å². The molecule has 0 radical (unpaired) electrons. The zero-order valence-electron chi connectivity index (χ0n) is 11.0. The van der Waals surface area contributed by atoms with Crippen LogP contribution in [0.2, 0.25) is 0 Å². The molecule has 0 aliphatic carbocycles. The maximum absolute atomic E-state index is 5.16. The van der Waals surface area contributed by atoms with Crippen LogP contribution in [0.5, 0.6) is 0 Å². The molecule has 0 aliphatic rings. The lowest BCUT2D eigenvalue weighted by atomic mass is 10.2. The number of hydrogen-bond acceptors (Lipinski definition) is 5. The van der Waals surface area contributed by atoms with Crippen LogP contribution in [0.15, 0.2) is 42.6 Å². The van der Waals surface area contributed by atoms with Crippen molar-refractivity contribution in [2.75, 3.05) is 19.5 Å². The van der Waals surface area contributed by atoms with E-state index >= 15 is 0 Å². The van der Waals surface area contributed by atoms with Gasteiger partial charge in [-0.3, -0.25) is 0 Å². The van der Waals surface area contributed by atoms with Crippen LogP contribution in [0.25, 0.3) is 0 Å². The summed E-state index contributed by atoms with van der Waals surface area (Å²) < 4.78 is 10.3. The molecule has 0 spiro atoms. The number of benzene rings is 1. The van der Waals surface area contributed by atoms with Crippen molar-refractivity contribution in [2.45, 2.75) is 12.8 Å². The number of hydrogen-bond donors (Lipinski definition) is 1. The lowest BCUT2D eigenvalue weighted by Crippen LogP contribution is -2.09. The second-order valence-electron chi connectivity index (χ2n) is 3.95. The van der Waals surface area contributed by atoms with Crippen molar-refractivity contribution in [3.8, 4) is 0 Å². The highest BCUT2D eigenvalue weighted by Gasteiger charge is 2.11. The van der Waals surface area contributed by atoms with Gasteiger partial charge in [-0.15, -0.1) is 0 Å². The SMILES string of the molecule is COC(OC)c1ccnc(NCc2ccccc2)n1. The van der Waals surface area contributed by atoms with Gasteiger partial charge in [0.1, 0.15) is 5.69 Å². The minimum atomic E-state index is -0.472. The molecule has 2 aromatic rings. The van der Waals surface area contributed by atoms with Gasteiger partial charge in [-0.2, -0.15) is 0 Å². The summed E-state index contributed by atoms with van der Waals surface area (Å²) in [6.45, 7) is 0.676. The Morgan fingerprint density at radius 3 is 2.53 bits per heavy atom. The van der Waals surface area contributed by atoms with Crippen molar-refractivity contribution in [3.05, 3.63) is 53.9 Å². The number of ether oxygens (including phenoxy) is 2. The maximum atomic E-state index is 5.16. The zero-order valence-corrected chi connectivity index (χ0v) is 11.0. The summed E-state index contributed by atoms with van der Waals surface area (Å²) in [5, 5.41) is 3.17. The first-order chi connectivity index (χ1) is 9.33. The van der Waals surface area contributed by atoms with Gasteiger partial charge in [0.2, 0.25) is 12.2 Å². The molecule has 5 heteroatoms. The van der Waals surface area contributed by atoms with Gasteiger partial charge in [-0.1, -0.05) is 30.3 Å². The molecule has 0 bridgehead atoms. The minimum Gasteiger partial charge on any atom is -0.350 e. The summed E-state index contributed by atoms with van der Waals surface area (Å²) in [4.78, 5) is 8.53. The van der Waals surface area contributed by atoms with Crippen LogP contribution < -0.4 is 5.32 Å². The van der Waals surface area contributed by atoms with E-state index in [1.807, 2.05) is 30.3 Å². The molecule has 0 saturated carbocycles. The van der Waals surface area contributed by atoms with Gasteiger partial charge in [0.05, 0.1) is 0 Å². The Morgan fingerprint density at radius 2 is 1.84 bits per heavy atom. The Labute approximate surface area is 112 Å². The average molecular weight is 259 g/mol. The first kappa shape index (κ1) is 13.5. The van der Waals surface area contributed by atoms with E-state index in [4.69, 9.17) is 9.47 Å². The smallest absolute Gasteiger partial charge is 0.223 e. The lowest BCUT2D eigenvalue weighted by molar-refractivity contribution is -0.108. The number of anilines is 1. The third kappa shape index (κ3) is 3.74. The fourth-order valence-corrected chi connectivity index (χ4v) is 1.70. The normalized spacial score (nSPS) is 10.7. The van der Waals surface area contributed by atoms with E-state index in [1.54, 1.807) is 26.5 Å². The molecular formula is C14H17N3O2. The fourth-order valence-electron chi connectivity index (χ4n) is 1.70. The quantitative estimate of drug-likeness (QED) is 0.807. The summed E-state index contributed by atoms with van der Waals surface area (Å²) in [7, 11) is 3.15. The molecule has 0 saturated heterocycles. The third-order valence-electron chi connectivity index (χ3n) is 2.64. The molecule has 0 fully saturated rings. The third-order valence-corrected chi connectivity index (χ3v) is 2.64. The molecule has 1 N–H and O–H groups in total. The summed E-state index contributed by atoms with van der Waals surface area (Å²) in [5.74, 6) is 0.556. The Bertz CT molecular complexity index is 501. The van der Waals surface area contributed by atoms with Gasteiger partial charge < -0.3 is 14.8 Å². The largest absolute Gasteiger partial charge is 0.350 e. The molecular weight excluding hydrogens is 242 g/mol.